The van der Waals surface area contributed by atoms with Gasteiger partial charge in [-0.2, -0.15) is 26.3 Å². The number of amides is 2. The van der Waals surface area contributed by atoms with Crippen molar-refractivity contribution in [1.29, 1.82) is 0 Å². The fourth-order valence-corrected chi connectivity index (χ4v) is 6.71. The highest BCUT2D eigenvalue weighted by atomic mass is 19.4. The number of piperidine rings is 1. The van der Waals surface area contributed by atoms with Crippen LogP contribution in [0.3, 0.4) is 0 Å². The molecule has 0 spiro atoms. The van der Waals surface area contributed by atoms with Crippen LogP contribution in [0.4, 0.5) is 43.4 Å². The molecule has 1 saturated carbocycles. The Labute approximate surface area is 261 Å². The van der Waals surface area contributed by atoms with Crippen LogP contribution < -0.4 is 10.2 Å². The van der Waals surface area contributed by atoms with Crippen LogP contribution in [-0.2, 0) is 21.9 Å². The fourth-order valence-electron chi connectivity index (χ4n) is 6.71. The zero-order valence-corrected chi connectivity index (χ0v) is 24.9. The van der Waals surface area contributed by atoms with Crippen LogP contribution in [-0.4, -0.2) is 71.8 Å². The SMILES string of the molecule is O=C([C@@H]1CCC[C@H](C(=O)N2CCC(Nc3ccc([N+](=O)[O-])c(C(F)(F)F)c3)CC2)C1)N1CCN(c2cccc(C(F)(F)F)c2)CC1. The van der Waals surface area contributed by atoms with Gasteiger partial charge in [-0.05, 0) is 62.4 Å². The lowest BCUT2D eigenvalue weighted by molar-refractivity contribution is -0.388. The van der Waals surface area contributed by atoms with Crippen LogP contribution in [0.1, 0.15) is 49.7 Å². The van der Waals surface area contributed by atoms with E-state index in [2.05, 4.69) is 5.32 Å². The third kappa shape index (κ3) is 7.66. The van der Waals surface area contributed by atoms with Gasteiger partial charge in [0.25, 0.3) is 5.69 Å². The number of hydrogen-bond donors (Lipinski definition) is 1. The molecule has 9 nitrogen and oxygen atoms in total. The quantitative estimate of drug-likeness (QED) is 0.227. The normalized spacial score (nSPS) is 21.7. The minimum absolute atomic E-state index is 0.0366. The van der Waals surface area contributed by atoms with Crippen molar-refractivity contribution in [3.8, 4) is 0 Å². The summed E-state index contributed by atoms with van der Waals surface area (Å²) in [6.45, 7) is 2.35. The number of hydrogen-bond acceptors (Lipinski definition) is 6. The molecule has 46 heavy (non-hydrogen) atoms. The number of rotatable bonds is 6. The summed E-state index contributed by atoms with van der Waals surface area (Å²) in [7, 11) is 0. The Morgan fingerprint density at radius 2 is 1.39 bits per heavy atom. The van der Waals surface area contributed by atoms with Crippen molar-refractivity contribution in [3.63, 3.8) is 0 Å². The third-order valence-corrected chi connectivity index (χ3v) is 9.18. The Hall–Kier alpha value is -4.04. The molecule has 2 aromatic carbocycles. The maximum absolute atomic E-state index is 13.4. The van der Waals surface area contributed by atoms with E-state index in [1.54, 1.807) is 15.9 Å². The second kappa shape index (κ2) is 13.4. The van der Waals surface area contributed by atoms with Gasteiger partial charge in [0.05, 0.1) is 10.5 Å². The van der Waals surface area contributed by atoms with Crippen LogP contribution in [0.25, 0.3) is 0 Å². The first-order valence-corrected chi connectivity index (χ1v) is 15.3. The number of likely N-dealkylation sites (tertiary alicyclic amines) is 1. The lowest BCUT2D eigenvalue weighted by Gasteiger charge is -2.40. The molecular weight excluding hydrogens is 620 g/mol. The van der Waals surface area contributed by atoms with Gasteiger partial charge in [-0.15, -0.1) is 0 Å². The van der Waals surface area contributed by atoms with Crippen LogP contribution in [0.15, 0.2) is 42.5 Å². The summed E-state index contributed by atoms with van der Waals surface area (Å²) in [4.78, 5) is 42.1. The Kier molecular flexibility index (Phi) is 9.68. The largest absolute Gasteiger partial charge is 0.423 e. The van der Waals surface area contributed by atoms with E-state index in [4.69, 9.17) is 0 Å². The standard InChI is InChI=1S/C31H35F6N5O4/c32-30(33,34)22-5-2-6-25(18-22)39-13-15-41(16-14-39)29(44)21-4-1-3-20(17-21)28(43)40-11-9-23(10-12-40)38-24-7-8-27(42(45)46)26(19-24)31(35,36)37/h2,5-8,18-21,23,38H,1,3-4,9-17H2/t20-,21+/m0/s1. The molecule has 0 aromatic heterocycles. The summed E-state index contributed by atoms with van der Waals surface area (Å²) in [6, 6.07) is 7.74. The molecule has 3 aliphatic rings. The summed E-state index contributed by atoms with van der Waals surface area (Å²) in [5.74, 6) is -0.708. The van der Waals surface area contributed by atoms with Crippen LogP contribution >= 0.6 is 0 Å². The maximum Gasteiger partial charge on any atom is 0.423 e. The highest BCUT2D eigenvalue weighted by Gasteiger charge is 2.40. The van der Waals surface area contributed by atoms with Crippen molar-refractivity contribution in [2.75, 3.05) is 49.5 Å². The van der Waals surface area contributed by atoms with Gasteiger partial charge in [0.2, 0.25) is 11.8 Å². The predicted molar refractivity (Wildman–Crippen MR) is 157 cm³/mol. The number of carbonyl (C=O) groups is 2. The summed E-state index contributed by atoms with van der Waals surface area (Å²) >= 11 is 0. The fraction of sp³-hybridized carbons (Fsp3) is 0.548. The number of halogens is 6. The Balaban J connectivity index is 1.11. The molecule has 1 aliphatic carbocycles. The zero-order chi connectivity index (χ0) is 33.2. The van der Waals surface area contributed by atoms with Crippen molar-refractivity contribution in [1.82, 2.24) is 9.80 Å². The summed E-state index contributed by atoms with van der Waals surface area (Å²) < 4.78 is 79.5. The van der Waals surface area contributed by atoms with Gasteiger partial charge in [0, 0.05) is 74.6 Å². The predicted octanol–water partition coefficient (Wildman–Crippen LogP) is 6.19. The molecule has 0 radical (unpaired) electrons. The van der Waals surface area contributed by atoms with E-state index < -0.39 is 34.1 Å². The molecule has 1 N–H and O–H groups in total. The molecular formula is C31H35F6N5O4. The minimum Gasteiger partial charge on any atom is -0.382 e. The molecule has 250 valence electrons. The van der Waals surface area contributed by atoms with E-state index in [-0.39, 0.29) is 35.4 Å². The molecule has 2 aliphatic heterocycles. The van der Waals surface area contributed by atoms with Gasteiger partial charge < -0.3 is 20.0 Å². The van der Waals surface area contributed by atoms with Crippen molar-refractivity contribution >= 4 is 28.9 Å². The van der Waals surface area contributed by atoms with Crippen molar-refractivity contribution in [2.24, 2.45) is 11.8 Å². The summed E-state index contributed by atoms with van der Waals surface area (Å²) in [5.41, 5.74) is -2.48. The number of carbonyl (C=O) groups excluding carboxylic acids is 2. The first-order chi connectivity index (χ1) is 21.7. The molecule has 3 fully saturated rings. The highest BCUT2D eigenvalue weighted by Crippen LogP contribution is 2.38. The lowest BCUT2D eigenvalue weighted by atomic mass is 9.79. The number of nitrogens with one attached hydrogen (secondary N) is 1. The maximum atomic E-state index is 13.4. The van der Waals surface area contributed by atoms with E-state index >= 15 is 0 Å². The van der Waals surface area contributed by atoms with Gasteiger partial charge in [0.1, 0.15) is 5.56 Å². The molecule has 0 bridgehead atoms. The molecule has 5 rings (SSSR count). The lowest BCUT2D eigenvalue weighted by Crippen LogP contribution is -2.51. The molecule has 2 amide bonds. The minimum atomic E-state index is -4.88. The molecule has 2 heterocycles. The second-order valence-corrected chi connectivity index (χ2v) is 12.2. The molecule has 15 heteroatoms. The monoisotopic (exact) mass is 655 g/mol. The van der Waals surface area contributed by atoms with Crippen molar-refractivity contribution in [3.05, 3.63) is 63.7 Å². The van der Waals surface area contributed by atoms with Gasteiger partial charge in [-0.1, -0.05) is 12.5 Å². The average molecular weight is 656 g/mol. The number of nitrogens with zero attached hydrogens (tertiary/aromatic N) is 4. The van der Waals surface area contributed by atoms with E-state index in [0.29, 0.717) is 77.1 Å². The number of alkyl halides is 6. The van der Waals surface area contributed by atoms with E-state index in [1.165, 1.54) is 12.1 Å². The molecule has 2 saturated heterocycles. The molecule has 2 aromatic rings. The highest BCUT2D eigenvalue weighted by molar-refractivity contribution is 5.83. The summed E-state index contributed by atoms with van der Waals surface area (Å²) in [6.07, 6.45) is -5.89. The van der Waals surface area contributed by atoms with Gasteiger partial charge in [-0.25, -0.2) is 0 Å². The summed E-state index contributed by atoms with van der Waals surface area (Å²) in [5, 5.41) is 14.0. The third-order valence-electron chi connectivity index (χ3n) is 9.18. The molecule has 2 atom stereocenters. The van der Waals surface area contributed by atoms with E-state index in [9.17, 15) is 46.0 Å². The Bertz CT molecular complexity index is 1440. The van der Waals surface area contributed by atoms with Gasteiger partial charge >= 0.3 is 12.4 Å². The van der Waals surface area contributed by atoms with Crippen molar-refractivity contribution < 1.29 is 40.9 Å². The second-order valence-electron chi connectivity index (χ2n) is 12.2. The van der Waals surface area contributed by atoms with Crippen LogP contribution in [0, 0.1) is 22.0 Å². The average Bonchev–Trinajstić information content (AvgIpc) is 3.04. The number of nitro groups is 1. The topological polar surface area (TPSA) is 99.0 Å². The zero-order valence-electron chi connectivity index (χ0n) is 24.9. The Morgan fingerprint density at radius 3 is 1.96 bits per heavy atom. The van der Waals surface area contributed by atoms with Crippen LogP contribution in [0.5, 0.6) is 0 Å². The number of piperazine rings is 1. The van der Waals surface area contributed by atoms with Gasteiger partial charge in [0.15, 0.2) is 0 Å². The number of nitro benzene ring substituents is 1. The van der Waals surface area contributed by atoms with Gasteiger partial charge in [-0.3, -0.25) is 19.7 Å². The van der Waals surface area contributed by atoms with E-state index in [1.807, 2.05) is 4.90 Å². The number of anilines is 2. The van der Waals surface area contributed by atoms with Crippen LogP contribution in [0.2, 0.25) is 0 Å². The first kappa shape index (κ1) is 33.3. The Morgan fingerprint density at radius 1 is 0.783 bits per heavy atom. The van der Waals surface area contributed by atoms with Crippen molar-refractivity contribution in [2.45, 2.75) is 56.9 Å². The number of benzene rings is 2. The first-order valence-electron chi connectivity index (χ1n) is 15.3. The van der Waals surface area contributed by atoms with E-state index in [0.717, 1.165) is 30.7 Å². The molecule has 0 unspecified atom stereocenters. The smallest absolute Gasteiger partial charge is 0.382 e.